The summed E-state index contributed by atoms with van der Waals surface area (Å²) in [6.45, 7) is 1.44. The fourth-order valence-corrected chi connectivity index (χ4v) is 3.13. The zero-order valence-corrected chi connectivity index (χ0v) is 12.1. The molecule has 3 rings (SSSR count). The molecule has 1 saturated heterocycles. The first-order valence-corrected chi connectivity index (χ1v) is 7.49. The minimum absolute atomic E-state index is 0.0936. The average molecular weight is 282 g/mol. The maximum Gasteiger partial charge on any atom is 0.0726 e. The van der Waals surface area contributed by atoms with Crippen LogP contribution in [0.4, 0.5) is 0 Å². The van der Waals surface area contributed by atoms with E-state index in [1.54, 1.807) is 0 Å². The molecule has 3 nitrogen and oxygen atoms in total. The molecular weight excluding hydrogens is 260 g/mol. The third-order valence-corrected chi connectivity index (χ3v) is 4.32. The summed E-state index contributed by atoms with van der Waals surface area (Å²) in [6, 6.07) is 20.6. The number of hydrogen-bond acceptors (Lipinski definition) is 3. The summed E-state index contributed by atoms with van der Waals surface area (Å²) in [5.74, 6) is 0.0936. The van der Waals surface area contributed by atoms with Crippen molar-refractivity contribution in [3.05, 3.63) is 71.8 Å². The van der Waals surface area contributed by atoms with Gasteiger partial charge in [-0.2, -0.15) is 0 Å². The summed E-state index contributed by atoms with van der Waals surface area (Å²) < 4.78 is 0. The topological polar surface area (TPSA) is 49.5 Å². The molecule has 2 aromatic rings. The van der Waals surface area contributed by atoms with Gasteiger partial charge in [0.25, 0.3) is 0 Å². The van der Waals surface area contributed by atoms with Crippen LogP contribution in [0.1, 0.15) is 11.1 Å². The van der Waals surface area contributed by atoms with E-state index in [1.165, 1.54) is 11.1 Å². The van der Waals surface area contributed by atoms with E-state index in [-0.39, 0.29) is 18.2 Å². The van der Waals surface area contributed by atoms with Crippen LogP contribution in [0, 0.1) is 5.92 Å². The van der Waals surface area contributed by atoms with Crippen molar-refractivity contribution in [1.29, 1.82) is 0 Å². The monoisotopic (exact) mass is 282 g/mol. The Morgan fingerprint density at radius 3 is 2.14 bits per heavy atom. The van der Waals surface area contributed by atoms with Crippen molar-refractivity contribution in [1.82, 2.24) is 4.90 Å². The lowest BCUT2D eigenvalue weighted by Crippen LogP contribution is -2.41. The number of aliphatic hydroxyl groups excluding tert-OH is 1. The number of nitrogens with two attached hydrogens (primary N) is 1. The van der Waals surface area contributed by atoms with E-state index in [1.807, 2.05) is 36.4 Å². The smallest absolute Gasteiger partial charge is 0.0726 e. The van der Waals surface area contributed by atoms with Crippen LogP contribution in [0.15, 0.2) is 60.7 Å². The minimum Gasteiger partial charge on any atom is -0.391 e. The van der Waals surface area contributed by atoms with Gasteiger partial charge in [-0.25, -0.2) is 0 Å². The van der Waals surface area contributed by atoms with Gasteiger partial charge in [-0.15, -0.1) is 0 Å². The van der Waals surface area contributed by atoms with Gasteiger partial charge in [0.05, 0.1) is 12.3 Å². The molecule has 3 heteroatoms. The van der Waals surface area contributed by atoms with Gasteiger partial charge in [0, 0.05) is 19.0 Å². The molecule has 3 N–H and O–H groups in total. The number of rotatable bonds is 4. The van der Waals surface area contributed by atoms with Gasteiger partial charge in [0.1, 0.15) is 0 Å². The van der Waals surface area contributed by atoms with Crippen LogP contribution in [0.3, 0.4) is 0 Å². The normalized spacial score (nSPS) is 26.1. The summed E-state index contributed by atoms with van der Waals surface area (Å²) in [5.41, 5.74) is 8.85. The van der Waals surface area contributed by atoms with E-state index in [4.69, 9.17) is 5.73 Å². The van der Waals surface area contributed by atoms with E-state index in [0.29, 0.717) is 6.54 Å². The fraction of sp³-hybridized carbons (Fsp3) is 0.333. The highest BCUT2D eigenvalue weighted by atomic mass is 16.3. The van der Waals surface area contributed by atoms with E-state index in [2.05, 4.69) is 29.2 Å². The van der Waals surface area contributed by atoms with Gasteiger partial charge in [-0.3, -0.25) is 4.90 Å². The molecule has 0 spiro atoms. The van der Waals surface area contributed by atoms with Gasteiger partial charge in [0.2, 0.25) is 0 Å². The minimum atomic E-state index is -0.357. The molecule has 0 radical (unpaired) electrons. The maximum absolute atomic E-state index is 10.3. The van der Waals surface area contributed by atoms with Gasteiger partial charge >= 0.3 is 0 Å². The first kappa shape index (κ1) is 14.3. The van der Waals surface area contributed by atoms with Crippen molar-refractivity contribution < 1.29 is 5.11 Å². The second-order valence-corrected chi connectivity index (χ2v) is 5.83. The van der Waals surface area contributed by atoms with E-state index >= 15 is 0 Å². The molecule has 0 bridgehead atoms. The van der Waals surface area contributed by atoms with E-state index in [0.717, 1.165) is 13.0 Å². The van der Waals surface area contributed by atoms with Gasteiger partial charge < -0.3 is 10.8 Å². The maximum atomic E-state index is 10.3. The van der Waals surface area contributed by atoms with Gasteiger partial charge in [-0.1, -0.05) is 60.7 Å². The quantitative estimate of drug-likeness (QED) is 0.902. The molecule has 0 aliphatic carbocycles. The van der Waals surface area contributed by atoms with Crippen molar-refractivity contribution in [2.24, 2.45) is 11.7 Å². The largest absolute Gasteiger partial charge is 0.391 e. The van der Waals surface area contributed by atoms with E-state index in [9.17, 15) is 5.11 Å². The molecule has 1 aliphatic rings. The van der Waals surface area contributed by atoms with Crippen LogP contribution >= 0.6 is 0 Å². The molecule has 21 heavy (non-hydrogen) atoms. The molecule has 3 atom stereocenters. The predicted molar refractivity (Wildman–Crippen MR) is 84.5 cm³/mol. The van der Waals surface area contributed by atoms with Crippen molar-refractivity contribution in [2.45, 2.75) is 25.2 Å². The number of aliphatic hydroxyl groups is 1. The zero-order valence-electron chi connectivity index (χ0n) is 12.1. The second-order valence-electron chi connectivity index (χ2n) is 5.83. The number of benzene rings is 2. The SMILES string of the molecule is NC1C(Cc2ccccc2)C(O)CN1Cc1ccccc1. The Hall–Kier alpha value is -1.68. The second kappa shape index (κ2) is 6.39. The first-order valence-electron chi connectivity index (χ1n) is 7.49. The lowest BCUT2D eigenvalue weighted by molar-refractivity contribution is 0.137. The molecule has 110 valence electrons. The number of hydrogen-bond donors (Lipinski definition) is 2. The van der Waals surface area contributed by atoms with Crippen molar-refractivity contribution >= 4 is 0 Å². The third-order valence-electron chi connectivity index (χ3n) is 4.32. The summed E-state index contributed by atoms with van der Waals surface area (Å²) in [7, 11) is 0. The van der Waals surface area contributed by atoms with Crippen LogP contribution in [0.25, 0.3) is 0 Å². The third kappa shape index (κ3) is 3.32. The van der Waals surface area contributed by atoms with Crippen molar-refractivity contribution in [3.63, 3.8) is 0 Å². The van der Waals surface area contributed by atoms with Crippen molar-refractivity contribution in [2.75, 3.05) is 6.54 Å². The Kier molecular flexibility index (Phi) is 4.34. The van der Waals surface area contributed by atoms with Gasteiger partial charge in [-0.05, 0) is 17.5 Å². The molecule has 3 unspecified atom stereocenters. The Morgan fingerprint density at radius 2 is 1.52 bits per heavy atom. The summed E-state index contributed by atoms with van der Waals surface area (Å²) in [6.07, 6.45) is 0.374. The molecular formula is C18H22N2O. The highest BCUT2D eigenvalue weighted by Crippen LogP contribution is 2.26. The van der Waals surface area contributed by atoms with Crippen LogP contribution in [-0.2, 0) is 13.0 Å². The molecule has 1 aliphatic heterocycles. The summed E-state index contributed by atoms with van der Waals surface area (Å²) in [5, 5.41) is 10.3. The Morgan fingerprint density at radius 1 is 0.952 bits per heavy atom. The highest BCUT2D eigenvalue weighted by Gasteiger charge is 2.38. The van der Waals surface area contributed by atoms with Crippen molar-refractivity contribution in [3.8, 4) is 0 Å². The molecule has 0 saturated carbocycles. The van der Waals surface area contributed by atoms with Crippen LogP contribution in [-0.4, -0.2) is 28.8 Å². The number of β-amino-alcohol motifs (C(OH)–C–C–N with tert-alkyl or cyclic N) is 1. The average Bonchev–Trinajstić information content (AvgIpc) is 2.77. The lowest BCUT2D eigenvalue weighted by atomic mass is 9.94. The number of likely N-dealkylation sites (tertiary alicyclic amines) is 1. The molecule has 1 fully saturated rings. The summed E-state index contributed by atoms with van der Waals surface area (Å²) in [4.78, 5) is 2.17. The summed E-state index contributed by atoms with van der Waals surface area (Å²) >= 11 is 0. The standard InChI is InChI=1S/C18H22N2O/c19-18-16(11-14-7-3-1-4-8-14)17(21)13-20(18)12-15-9-5-2-6-10-15/h1-10,16-18,21H,11-13,19H2. The Labute approximate surface area is 126 Å². The van der Waals surface area contributed by atoms with Crippen LogP contribution < -0.4 is 5.73 Å². The fourth-order valence-electron chi connectivity index (χ4n) is 3.13. The first-order chi connectivity index (χ1) is 10.2. The molecule has 1 heterocycles. The Bertz CT molecular complexity index is 558. The van der Waals surface area contributed by atoms with Gasteiger partial charge in [0.15, 0.2) is 0 Å². The zero-order chi connectivity index (χ0) is 14.7. The number of nitrogens with zero attached hydrogens (tertiary/aromatic N) is 1. The van der Waals surface area contributed by atoms with Crippen LogP contribution in [0.5, 0.6) is 0 Å². The Balaban J connectivity index is 1.67. The molecule has 0 aromatic heterocycles. The predicted octanol–water partition coefficient (Wildman–Crippen LogP) is 2.01. The van der Waals surface area contributed by atoms with E-state index < -0.39 is 0 Å². The highest BCUT2D eigenvalue weighted by molar-refractivity contribution is 5.18. The molecule has 0 amide bonds. The molecule has 2 aromatic carbocycles. The van der Waals surface area contributed by atoms with Crippen LogP contribution in [0.2, 0.25) is 0 Å². The lowest BCUT2D eigenvalue weighted by Gasteiger charge is -2.24.